The number of carbonyl (C=O) groups excluding carboxylic acids is 4. The molecule has 3 amide bonds. The standard InChI is InChI=1S/C36H42N6O11S/c1-21-30-29(22(2)43)34(45)40(30)31(35(46)52-19-23-5-9-25(10-6-23)41(48)49)32(21)54-27-17-28(37(3)18-27)33(44)38-13-4-14-39(16-15-38)36(47)53-20-24-7-11-26(12-8-24)42(50)51/h5-12,21-22,27-30,43H,4,13-20H2,1-3H3/t21-,22-,27+,28+,29-,30-/m1/s1. The maximum absolute atomic E-state index is 13.9. The maximum Gasteiger partial charge on any atom is 0.410 e. The number of carbonyl (C=O) groups is 4. The van der Waals surface area contributed by atoms with Crippen LogP contribution in [0.15, 0.2) is 59.1 Å². The molecule has 6 rings (SSSR count). The first-order chi connectivity index (χ1) is 25.7. The fourth-order valence-corrected chi connectivity index (χ4v) is 9.18. The van der Waals surface area contributed by atoms with Gasteiger partial charge in [0.05, 0.1) is 34.0 Å². The number of amides is 3. The van der Waals surface area contributed by atoms with Gasteiger partial charge in [-0.3, -0.25) is 34.7 Å². The molecule has 3 fully saturated rings. The first kappa shape index (κ1) is 38.6. The minimum Gasteiger partial charge on any atom is -0.456 e. The number of thioether (sulfide) groups is 1. The number of β-lactam (4-membered cyclic amide) rings is 1. The summed E-state index contributed by atoms with van der Waals surface area (Å²) in [5.41, 5.74) is 1.14. The van der Waals surface area contributed by atoms with Gasteiger partial charge in [-0.05, 0) is 62.2 Å². The minimum absolute atomic E-state index is 0.0392. The van der Waals surface area contributed by atoms with Gasteiger partial charge >= 0.3 is 12.1 Å². The van der Waals surface area contributed by atoms with Crippen LogP contribution < -0.4 is 0 Å². The fraction of sp³-hybridized carbons (Fsp3) is 0.500. The van der Waals surface area contributed by atoms with Crippen LogP contribution in [0.25, 0.3) is 0 Å². The molecule has 4 aliphatic rings. The Kier molecular flexibility index (Phi) is 11.5. The molecule has 2 aromatic rings. The summed E-state index contributed by atoms with van der Waals surface area (Å²) in [5, 5.41) is 32.2. The van der Waals surface area contributed by atoms with Crippen molar-refractivity contribution in [3.63, 3.8) is 0 Å². The molecule has 4 heterocycles. The third kappa shape index (κ3) is 7.90. The lowest BCUT2D eigenvalue weighted by Crippen LogP contribution is -2.63. The summed E-state index contributed by atoms with van der Waals surface area (Å²) in [6, 6.07) is 10.5. The number of hydrogen-bond donors (Lipinski definition) is 1. The number of nitrogens with zero attached hydrogens (tertiary/aromatic N) is 6. The average Bonchev–Trinajstić information content (AvgIpc) is 3.48. The predicted octanol–water partition coefficient (Wildman–Crippen LogP) is 3.29. The van der Waals surface area contributed by atoms with E-state index in [0.29, 0.717) is 55.1 Å². The van der Waals surface area contributed by atoms with Crippen molar-refractivity contribution in [2.75, 3.05) is 39.8 Å². The van der Waals surface area contributed by atoms with Gasteiger partial charge in [0.25, 0.3) is 11.4 Å². The van der Waals surface area contributed by atoms with Gasteiger partial charge in [0.1, 0.15) is 18.9 Å². The molecule has 0 spiro atoms. The molecule has 3 saturated heterocycles. The van der Waals surface area contributed by atoms with Gasteiger partial charge < -0.3 is 29.3 Å². The molecule has 0 aromatic heterocycles. The van der Waals surface area contributed by atoms with Gasteiger partial charge in [0.15, 0.2) is 0 Å². The van der Waals surface area contributed by atoms with Crippen molar-refractivity contribution < 1.29 is 43.6 Å². The van der Waals surface area contributed by atoms with E-state index >= 15 is 0 Å². The number of likely N-dealkylation sites (tertiary alicyclic amines) is 1. The molecule has 1 N–H and O–H groups in total. The summed E-state index contributed by atoms with van der Waals surface area (Å²) >= 11 is 1.45. The lowest BCUT2D eigenvalue weighted by atomic mass is 9.79. The summed E-state index contributed by atoms with van der Waals surface area (Å²) in [6.07, 6.45) is -0.404. The molecule has 0 unspecified atom stereocenters. The summed E-state index contributed by atoms with van der Waals surface area (Å²) < 4.78 is 11.1. The molecule has 0 radical (unpaired) electrons. The Morgan fingerprint density at radius 2 is 1.46 bits per heavy atom. The third-order valence-corrected chi connectivity index (χ3v) is 12.0. The van der Waals surface area contributed by atoms with Crippen molar-refractivity contribution in [3.05, 3.63) is 90.5 Å². The number of fused-ring (bicyclic) bond motifs is 1. The van der Waals surface area contributed by atoms with E-state index in [-0.39, 0.29) is 59.8 Å². The smallest absolute Gasteiger partial charge is 0.410 e. The van der Waals surface area contributed by atoms with Crippen LogP contribution in [0.1, 0.15) is 37.8 Å². The van der Waals surface area contributed by atoms with Crippen molar-refractivity contribution >= 4 is 47.0 Å². The summed E-state index contributed by atoms with van der Waals surface area (Å²) in [5.74, 6) is -2.07. The Bertz CT molecular complexity index is 1840. The van der Waals surface area contributed by atoms with Crippen molar-refractivity contribution in [1.29, 1.82) is 0 Å². The SMILES string of the molecule is C[C@@H](O)[C@H]1C(=O)N2C(C(=O)OCc3ccc([N+](=O)[O-])cc3)=C(S[C@H]3C[C@@H](C(=O)N4CCCN(C(=O)OCc5ccc([N+](=O)[O-])cc5)CC4)N(C)C3)[C@H](C)[C@H]12. The van der Waals surface area contributed by atoms with Crippen LogP contribution in [0.4, 0.5) is 16.2 Å². The van der Waals surface area contributed by atoms with E-state index in [2.05, 4.69) is 0 Å². The Balaban J connectivity index is 1.08. The molecular weight excluding hydrogens is 724 g/mol. The molecule has 6 atom stereocenters. The third-order valence-electron chi connectivity index (χ3n) is 10.5. The molecule has 17 nitrogen and oxygen atoms in total. The Labute approximate surface area is 315 Å². The topological polar surface area (TPSA) is 206 Å². The maximum atomic E-state index is 13.9. The monoisotopic (exact) mass is 766 g/mol. The van der Waals surface area contributed by atoms with Crippen molar-refractivity contribution in [2.45, 2.75) is 63.3 Å². The van der Waals surface area contributed by atoms with E-state index in [1.165, 1.54) is 65.2 Å². The van der Waals surface area contributed by atoms with Gasteiger partial charge in [0.2, 0.25) is 11.8 Å². The number of likely N-dealkylation sites (N-methyl/N-ethyl adjacent to an activating group) is 1. The molecule has 288 valence electrons. The molecule has 0 saturated carbocycles. The molecule has 18 heteroatoms. The van der Waals surface area contributed by atoms with Crippen LogP contribution in [0.2, 0.25) is 0 Å². The minimum atomic E-state index is -0.913. The highest BCUT2D eigenvalue weighted by Crippen LogP contribution is 2.52. The quantitative estimate of drug-likeness (QED) is 0.151. The molecule has 0 bridgehead atoms. The van der Waals surface area contributed by atoms with Crippen LogP contribution in [0.3, 0.4) is 0 Å². The van der Waals surface area contributed by atoms with Gasteiger partial charge in [-0.25, -0.2) is 9.59 Å². The number of ether oxygens (including phenoxy) is 2. The molecule has 4 aliphatic heterocycles. The average molecular weight is 767 g/mol. The molecule has 2 aromatic carbocycles. The first-order valence-electron chi connectivity index (χ1n) is 17.7. The van der Waals surface area contributed by atoms with Gasteiger partial charge in [-0.15, -0.1) is 11.8 Å². The second-order valence-electron chi connectivity index (χ2n) is 14.0. The second kappa shape index (κ2) is 16.1. The van der Waals surface area contributed by atoms with E-state index in [4.69, 9.17) is 9.47 Å². The van der Waals surface area contributed by atoms with Gasteiger partial charge in [-0.2, -0.15) is 0 Å². The zero-order valence-corrected chi connectivity index (χ0v) is 30.9. The zero-order valence-electron chi connectivity index (χ0n) is 30.1. The zero-order chi connectivity index (χ0) is 38.8. The molecule has 0 aliphatic carbocycles. The number of rotatable bonds is 11. The largest absolute Gasteiger partial charge is 0.456 e. The first-order valence-corrected chi connectivity index (χ1v) is 18.6. The van der Waals surface area contributed by atoms with Gasteiger partial charge in [-0.1, -0.05) is 6.92 Å². The van der Waals surface area contributed by atoms with Crippen molar-refractivity contribution in [1.82, 2.24) is 19.6 Å². The van der Waals surface area contributed by atoms with Crippen LogP contribution in [-0.2, 0) is 37.1 Å². The van der Waals surface area contributed by atoms with Crippen LogP contribution in [0, 0.1) is 32.1 Å². The highest BCUT2D eigenvalue weighted by molar-refractivity contribution is 8.03. The summed E-state index contributed by atoms with van der Waals surface area (Å²) in [7, 11) is 1.87. The number of non-ortho nitro benzene ring substituents is 2. The second-order valence-corrected chi connectivity index (χ2v) is 15.4. The summed E-state index contributed by atoms with van der Waals surface area (Å²) in [6.45, 7) is 5.27. The van der Waals surface area contributed by atoms with Crippen molar-refractivity contribution in [3.8, 4) is 0 Å². The number of nitro groups is 2. The van der Waals surface area contributed by atoms with E-state index < -0.39 is 46.0 Å². The number of hydrogen-bond acceptors (Lipinski definition) is 13. The predicted molar refractivity (Wildman–Crippen MR) is 193 cm³/mol. The normalized spacial score (nSPS) is 24.8. The number of aliphatic hydroxyl groups excluding tert-OH is 1. The van der Waals surface area contributed by atoms with E-state index in [0.717, 1.165) is 0 Å². The lowest BCUT2D eigenvalue weighted by Gasteiger charge is -2.46. The number of nitro benzene ring substituents is 2. The Hall–Kier alpha value is -5.07. The van der Waals surface area contributed by atoms with E-state index in [9.17, 15) is 44.5 Å². The fourth-order valence-electron chi connectivity index (χ4n) is 7.59. The number of benzene rings is 2. The van der Waals surface area contributed by atoms with E-state index in [1.54, 1.807) is 16.7 Å². The highest BCUT2D eigenvalue weighted by atomic mass is 32.2. The van der Waals surface area contributed by atoms with Crippen LogP contribution in [0.5, 0.6) is 0 Å². The van der Waals surface area contributed by atoms with Crippen LogP contribution >= 0.6 is 11.8 Å². The van der Waals surface area contributed by atoms with E-state index in [1.807, 2.05) is 18.9 Å². The Morgan fingerprint density at radius 1 is 0.907 bits per heavy atom. The summed E-state index contributed by atoms with van der Waals surface area (Å²) in [4.78, 5) is 81.9. The number of esters is 1. The van der Waals surface area contributed by atoms with Gasteiger partial charge in [0, 0.05) is 73.1 Å². The Morgan fingerprint density at radius 3 is 2.04 bits per heavy atom. The molecular formula is C36H42N6O11S. The van der Waals surface area contributed by atoms with Crippen LogP contribution in [-0.4, -0.2) is 122 Å². The number of aliphatic hydroxyl groups is 1. The molecule has 54 heavy (non-hydrogen) atoms. The lowest BCUT2D eigenvalue weighted by molar-refractivity contribution is -0.385. The highest BCUT2D eigenvalue weighted by Gasteiger charge is 2.60. The van der Waals surface area contributed by atoms with Crippen molar-refractivity contribution in [2.24, 2.45) is 11.8 Å².